The molecule has 0 bridgehead atoms. The third-order valence-corrected chi connectivity index (χ3v) is 5.25. The fourth-order valence-corrected chi connectivity index (χ4v) is 3.68. The van der Waals surface area contributed by atoms with Gasteiger partial charge < -0.3 is 10.4 Å². The van der Waals surface area contributed by atoms with Crippen LogP contribution in [0.15, 0.2) is 24.3 Å². The maximum atomic E-state index is 12.3. The van der Waals surface area contributed by atoms with Crippen LogP contribution in [0.5, 0.6) is 0 Å². The fraction of sp³-hybridized carbons (Fsp3) is 0.588. The third kappa shape index (κ3) is 4.01. The summed E-state index contributed by atoms with van der Waals surface area (Å²) in [6.07, 6.45) is 1.10. The number of rotatable bonds is 4. The van der Waals surface area contributed by atoms with E-state index in [9.17, 15) is 9.90 Å². The van der Waals surface area contributed by atoms with Gasteiger partial charge in [0.1, 0.15) is 5.60 Å². The molecule has 0 saturated carbocycles. The average molecular weight is 307 g/mol. The minimum Gasteiger partial charge on any atom is -0.380 e. The highest BCUT2D eigenvalue weighted by Gasteiger charge is 2.38. The summed E-state index contributed by atoms with van der Waals surface area (Å²) in [6.45, 7) is 6.82. The Morgan fingerprint density at radius 2 is 1.86 bits per heavy atom. The van der Waals surface area contributed by atoms with Gasteiger partial charge in [0.15, 0.2) is 0 Å². The first-order valence-corrected chi connectivity index (χ1v) is 8.65. The Labute approximate surface area is 131 Å². The predicted molar refractivity (Wildman–Crippen MR) is 88.7 cm³/mol. The van der Waals surface area contributed by atoms with Crippen molar-refractivity contribution in [1.82, 2.24) is 5.32 Å². The van der Waals surface area contributed by atoms with Crippen molar-refractivity contribution in [2.45, 2.75) is 44.6 Å². The van der Waals surface area contributed by atoms with Crippen molar-refractivity contribution in [1.29, 1.82) is 0 Å². The molecule has 1 aliphatic rings. The van der Waals surface area contributed by atoms with Gasteiger partial charge in [-0.3, -0.25) is 4.79 Å². The van der Waals surface area contributed by atoms with Crippen LogP contribution >= 0.6 is 11.8 Å². The quantitative estimate of drug-likeness (QED) is 0.899. The van der Waals surface area contributed by atoms with E-state index in [4.69, 9.17) is 0 Å². The predicted octanol–water partition coefficient (Wildman–Crippen LogP) is 2.65. The molecule has 1 heterocycles. The van der Waals surface area contributed by atoms with Crippen LogP contribution in [-0.4, -0.2) is 34.7 Å². The summed E-state index contributed by atoms with van der Waals surface area (Å²) in [6, 6.07) is 8.39. The van der Waals surface area contributed by atoms with E-state index in [-0.39, 0.29) is 11.3 Å². The highest BCUT2D eigenvalue weighted by atomic mass is 32.2. The minimum absolute atomic E-state index is 0.150. The Morgan fingerprint density at radius 3 is 2.43 bits per heavy atom. The summed E-state index contributed by atoms with van der Waals surface area (Å²) < 4.78 is 0. The van der Waals surface area contributed by atoms with Crippen molar-refractivity contribution in [2.75, 3.05) is 18.1 Å². The van der Waals surface area contributed by atoms with Crippen molar-refractivity contribution >= 4 is 17.7 Å². The summed E-state index contributed by atoms with van der Waals surface area (Å²) in [4.78, 5) is 12.3. The van der Waals surface area contributed by atoms with Crippen LogP contribution in [0, 0.1) is 6.92 Å². The second-order valence-corrected chi connectivity index (χ2v) is 7.80. The number of benzene rings is 1. The molecule has 1 aromatic rings. The standard InChI is InChI=1S/C17H25NO2S/c1-13-4-6-14(7-5-13)16(2,3)12-18-15(19)17(20)8-10-21-11-9-17/h4-7,20H,8-12H2,1-3H3,(H,18,19). The maximum absolute atomic E-state index is 12.3. The van der Waals surface area contributed by atoms with Crippen LogP contribution in [0.2, 0.25) is 0 Å². The molecule has 2 N–H and O–H groups in total. The van der Waals surface area contributed by atoms with Crippen LogP contribution in [0.3, 0.4) is 0 Å². The molecule has 0 spiro atoms. The number of thioether (sulfide) groups is 1. The molecule has 1 amide bonds. The second-order valence-electron chi connectivity index (χ2n) is 6.58. The Hall–Kier alpha value is -1.00. The highest BCUT2D eigenvalue weighted by Crippen LogP contribution is 2.28. The zero-order valence-electron chi connectivity index (χ0n) is 13.1. The molecule has 0 unspecified atom stereocenters. The van der Waals surface area contributed by atoms with E-state index < -0.39 is 5.60 Å². The number of aryl methyl sites for hydroxylation is 1. The first kappa shape index (κ1) is 16.4. The van der Waals surface area contributed by atoms with E-state index in [1.165, 1.54) is 11.1 Å². The lowest BCUT2D eigenvalue weighted by Crippen LogP contribution is -2.51. The Kier molecular flexibility index (Phi) is 4.99. The van der Waals surface area contributed by atoms with Gasteiger partial charge >= 0.3 is 0 Å². The third-order valence-electron chi connectivity index (χ3n) is 4.27. The number of carbonyl (C=O) groups is 1. The van der Waals surface area contributed by atoms with E-state index in [1.54, 1.807) is 11.8 Å². The van der Waals surface area contributed by atoms with Gasteiger partial charge in [-0.15, -0.1) is 0 Å². The van der Waals surface area contributed by atoms with E-state index >= 15 is 0 Å². The van der Waals surface area contributed by atoms with Gasteiger partial charge in [-0.25, -0.2) is 0 Å². The number of carbonyl (C=O) groups excluding carboxylic acids is 1. The number of aliphatic hydroxyl groups is 1. The van der Waals surface area contributed by atoms with Crippen LogP contribution < -0.4 is 5.32 Å². The molecule has 116 valence electrons. The molecule has 21 heavy (non-hydrogen) atoms. The first-order chi connectivity index (χ1) is 9.83. The van der Waals surface area contributed by atoms with Crippen molar-refractivity contribution in [3.63, 3.8) is 0 Å². The summed E-state index contributed by atoms with van der Waals surface area (Å²) in [5.74, 6) is 1.49. The first-order valence-electron chi connectivity index (χ1n) is 7.49. The topological polar surface area (TPSA) is 49.3 Å². The molecule has 0 atom stereocenters. The molecule has 1 aromatic carbocycles. The van der Waals surface area contributed by atoms with Gasteiger partial charge in [0.2, 0.25) is 0 Å². The number of nitrogens with one attached hydrogen (secondary N) is 1. The molecule has 1 aliphatic heterocycles. The molecule has 0 radical (unpaired) electrons. The summed E-state index contributed by atoms with van der Waals surface area (Å²) in [7, 11) is 0. The smallest absolute Gasteiger partial charge is 0.252 e. The molecule has 2 rings (SSSR count). The van der Waals surface area contributed by atoms with Gasteiger partial charge in [0.05, 0.1) is 0 Å². The van der Waals surface area contributed by atoms with Gasteiger partial charge in [-0.1, -0.05) is 43.7 Å². The minimum atomic E-state index is -1.17. The maximum Gasteiger partial charge on any atom is 0.252 e. The van der Waals surface area contributed by atoms with Crippen LogP contribution in [0.25, 0.3) is 0 Å². The molecule has 0 aromatic heterocycles. The SMILES string of the molecule is Cc1ccc(C(C)(C)CNC(=O)C2(O)CCSCC2)cc1. The lowest BCUT2D eigenvalue weighted by atomic mass is 9.84. The molecule has 0 aliphatic carbocycles. The number of amides is 1. The number of hydrogen-bond acceptors (Lipinski definition) is 3. The molecule has 3 nitrogen and oxygen atoms in total. The van der Waals surface area contributed by atoms with Crippen LogP contribution in [0.1, 0.15) is 37.8 Å². The van der Waals surface area contributed by atoms with Gasteiger partial charge in [0, 0.05) is 12.0 Å². The molecular formula is C17H25NO2S. The molecule has 4 heteroatoms. The van der Waals surface area contributed by atoms with Gasteiger partial charge in [-0.05, 0) is 36.8 Å². The van der Waals surface area contributed by atoms with E-state index in [1.807, 2.05) is 0 Å². The lowest BCUT2D eigenvalue weighted by Gasteiger charge is -2.32. The van der Waals surface area contributed by atoms with E-state index in [0.717, 1.165) is 11.5 Å². The summed E-state index contributed by atoms with van der Waals surface area (Å²) in [5.41, 5.74) is 1.10. The zero-order valence-corrected chi connectivity index (χ0v) is 13.9. The van der Waals surface area contributed by atoms with Crippen molar-refractivity contribution in [3.8, 4) is 0 Å². The van der Waals surface area contributed by atoms with Gasteiger partial charge in [-0.2, -0.15) is 11.8 Å². The summed E-state index contributed by atoms with van der Waals surface area (Å²) in [5, 5.41) is 13.4. The van der Waals surface area contributed by atoms with Gasteiger partial charge in [0.25, 0.3) is 5.91 Å². The monoisotopic (exact) mass is 307 g/mol. The normalized spacial score (nSPS) is 18.3. The fourth-order valence-electron chi connectivity index (χ4n) is 2.51. The Morgan fingerprint density at radius 1 is 1.29 bits per heavy atom. The Balaban J connectivity index is 1.97. The number of hydrogen-bond donors (Lipinski definition) is 2. The summed E-state index contributed by atoms with van der Waals surface area (Å²) >= 11 is 1.80. The second kappa shape index (κ2) is 6.41. The largest absolute Gasteiger partial charge is 0.380 e. The van der Waals surface area contributed by atoms with Crippen LogP contribution in [0.4, 0.5) is 0 Å². The van der Waals surface area contributed by atoms with E-state index in [0.29, 0.717) is 19.4 Å². The lowest BCUT2D eigenvalue weighted by molar-refractivity contribution is -0.140. The average Bonchev–Trinajstić information content (AvgIpc) is 2.46. The molecule has 1 saturated heterocycles. The van der Waals surface area contributed by atoms with Crippen molar-refractivity contribution in [3.05, 3.63) is 35.4 Å². The zero-order chi connectivity index (χ0) is 15.5. The highest BCUT2D eigenvalue weighted by molar-refractivity contribution is 7.99. The van der Waals surface area contributed by atoms with Crippen molar-refractivity contribution in [2.24, 2.45) is 0 Å². The molecular weight excluding hydrogens is 282 g/mol. The van der Waals surface area contributed by atoms with Crippen LogP contribution in [-0.2, 0) is 10.2 Å². The Bertz CT molecular complexity index is 490. The van der Waals surface area contributed by atoms with Crippen molar-refractivity contribution < 1.29 is 9.90 Å². The molecule has 1 fully saturated rings. The van der Waals surface area contributed by atoms with E-state index in [2.05, 4.69) is 50.4 Å².